The molecule has 0 aliphatic heterocycles. The Morgan fingerprint density at radius 3 is 2.45 bits per heavy atom. The third-order valence-corrected chi connectivity index (χ3v) is 3.21. The van der Waals surface area contributed by atoms with Crippen LogP contribution in [0.4, 0.5) is 0 Å². The number of nitrogens with one attached hydrogen (secondary N) is 1. The Hall–Kier alpha value is -2.21. The van der Waals surface area contributed by atoms with E-state index < -0.39 is 18.1 Å². The highest BCUT2D eigenvalue weighted by molar-refractivity contribution is 5.82. The average Bonchev–Trinajstić information content (AvgIpc) is 2.97. The first kappa shape index (κ1) is 16.2. The summed E-state index contributed by atoms with van der Waals surface area (Å²) in [7, 11) is 0. The van der Waals surface area contributed by atoms with Crippen LogP contribution in [0.25, 0.3) is 0 Å². The third-order valence-electron chi connectivity index (χ3n) is 3.21. The zero-order valence-electron chi connectivity index (χ0n) is 13.2. The largest absolute Gasteiger partial charge is 0.378 e. The lowest BCUT2D eigenvalue weighted by Crippen LogP contribution is -2.31. The zero-order valence-corrected chi connectivity index (χ0v) is 13.2. The predicted octanol–water partition coefficient (Wildman–Crippen LogP) is 2.28. The van der Waals surface area contributed by atoms with E-state index in [0.717, 1.165) is 0 Å². The molecular weight excluding hydrogens is 282 g/mol. The van der Waals surface area contributed by atoms with Crippen LogP contribution in [0.2, 0.25) is 0 Å². The molecule has 0 spiro atoms. The number of hydrogen-bond acceptors (Lipinski definition) is 5. The van der Waals surface area contributed by atoms with Gasteiger partial charge in [0.05, 0.1) is 0 Å². The van der Waals surface area contributed by atoms with Crippen LogP contribution in [0.5, 0.6) is 0 Å². The molecule has 0 bridgehead atoms. The van der Waals surface area contributed by atoms with Crippen molar-refractivity contribution in [1.82, 2.24) is 15.5 Å². The van der Waals surface area contributed by atoms with Crippen LogP contribution in [0.1, 0.15) is 57.1 Å². The number of nitrogens with zero attached hydrogens (tertiary/aromatic N) is 2. The van der Waals surface area contributed by atoms with Gasteiger partial charge in [-0.05, 0) is 12.5 Å². The van der Waals surface area contributed by atoms with Crippen LogP contribution in [-0.2, 0) is 10.2 Å². The molecule has 1 aromatic heterocycles. The molecule has 0 radical (unpaired) electrons. The van der Waals surface area contributed by atoms with E-state index in [2.05, 4.69) is 15.5 Å². The molecule has 2 atom stereocenters. The molecule has 2 N–H and O–H groups in total. The van der Waals surface area contributed by atoms with Crippen molar-refractivity contribution < 1.29 is 14.4 Å². The predicted molar refractivity (Wildman–Crippen MR) is 81.0 cm³/mol. The molecule has 0 fully saturated rings. The quantitative estimate of drug-likeness (QED) is 0.904. The Kier molecular flexibility index (Phi) is 4.61. The van der Waals surface area contributed by atoms with Crippen molar-refractivity contribution in [2.45, 2.75) is 45.3 Å². The van der Waals surface area contributed by atoms with E-state index in [1.54, 1.807) is 31.2 Å². The van der Waals surface area contributed by atoms with Crippen LogP contribution >= 0.6 is 0 Å². The van der Waals surface area contributed by atoms with Gasteiger partial charge in [0.2, 0.25) is 5.89 Å². The number of hydrogen-bond donors (Lipinski definition) is 2. The van der Waals surface area contributed by atoms with Crippen molar-refractivity contribution >= 4 is 5.91 Å². The number of aliphatic hydroxyl groups excluding tert-OH is 1. The molecule has 1 amide bonds. The van der Waals surface area contributed by atoms with Crippen LogP contribution in [0.3, 0.4) is 0 Å². The van der Waals surface area contributed by atoms with E-state index >= 15 is 0 Å². The van der Waals surface area contributed by atoms with Gasteiger partial charge in [0.1, 0.15) is 6.04 Å². The Labute approximate surface area is 129 Å². The molecule has 6 heteroatoms. The lowest BCUT2D eigenvalue weighted by Gasteiger charge is -2.14. The molecular formula is C16H21N3O3. The summed E-state index contributed by atoms with van der Waals surface area (Å²) in [6.07, 6.45) is -1.23. The maximum Gasteiger partial charge on any atom is 0.254 e. The molecule has 22 heavy (non-hydrogen) atoms. The van der Waals surface area contributed by atoms with Crippen LogP contribution in [0, 0.1) is 0 Å². The van der Waals surface area contributed by atoms with Crippen molar-refractivity contribution in [2.24, 2.45) is 0 Å². The summed E-state index contributed by atoms with van der Waals surface area (Å²) in [4.78, 5) is 16.4. The molecule has 118 valence electrons. The third kappa shape index (κ3) is 3.71. The van der Waals surface area contributed by atoms with Crippen molar-refractivity contribution in [3.8, 4) is 0 Å². The van der Waals surface area contributed by atoms with Gasteiger partial charge in [0.25, 0.3) is 5.91 Å². The summed E-state index contributed by atoms with van der Waals surface area (Å²) in [5.41, 5.74) is 0.308. The Morgan fingerprint density at radius 1 is 1.27 bits per heavy atom. The molecule has 1 aromatic carbocycles. The van der Waals surface area contributed by atoms with Gasteiger partial charge in [0, 0.05) is 5.41 Å². The standard InChI is InChI=1S/C16H21N3O3/c1-10(14-18-15(19-22-14)16(2,3)4)17-13(21)12(20)11-8-6-5-7-9-11/h5-10,12,20H,1-4H3,(H,17,21). The van der Waals surface area contributed by atoms with Gasteiger partial charge in [-0.2, -0.15) is 4.98 Å². The highest BCUT2D eigenvalue weighted by atomic mass is 16.5. The first-order valence-corrected chi connectivity index (χ1v) is 7.16. The minimum Gasteiger partial charge on any atom is -0.378 e. The molecule has 0 saturated carbocycles. The van der Waals surface area contributed by atoms with E-state index in [4.69, 9.17) is 4.52 Å². The van der Waals surface area contributed by atoms with Crippen molar-refractivity contribution in [3.05, 3.63) is 47.6 Å². The van der Waals surface area contributed by atoms with Crippen molar-refractivity contribution in [3.63, 3.8) is 0 Å². The average molecular weight is 303 g/mol. The van der Waals surface area contributed by atoms with Gasteiger partial charge in [-0.3, -0.25) is 4.79 Å². The molecule has 1 heterocycles. The fraction of sp³-hybridized carbons (Fsp3) is 0.438. The lowest BCUT2D eigenvalue weighted by molar-refractivity contribution is -0.130. The second kappa shape index (κ2) is 6.27. The Bertz CT molecular complexity index is 632. The van der Waals surface area contributed by atoms with Gasteiger partial charge in [-0.1, -0.05) is 56.3 Å². The van der Waals surface area contributed by atoms with Gasteiger partial charge in [-0.15, -0.1) is 0 Å². The van der Waals surface area contributed by atoms with Crippen LogP contribution in [-0.4, -0.2) is 21.2 Å². The molecule has 2 unspecified atom stereocenters. The molecule has 0 aliphatic rings. The number of rotatable bonds is 4. The summed E-state index contributed by atoms with van der Waals surface area (Å²) >= 11 is 0. The van der Waals surface area contributed by atoms with E-state index in [9.17, 15) is 9.90 Å². The number of carbonyl (C=O) groups excluding carboxylic acids is 1. The van der Waals surface area contributed by atoms with Crippen molar-refractivity contribution in [1.29, 1.82) is 0 Å². The maximum absolute atomic E-state index is 12.1. The smallest absolute Gasteiger partial charge is 0.254 e. The number of aliphatic hydroxyl groups is 1. The summed E-state index contributed by atoms with van der Waals surface area (Å²) in [5.74, 6) is 0.389. The van der Waals surface area contributed by atoms with E-state index in [1.165, 1.54) is 0 Å². The topological polar surface area (TPSA) is 88.2 Å². The normalized spacial score (nSPS) is 14.4. The number of aromatic nitrogens is 2. The summed E-state index contributed by atoms with van der Waals surface area (Å²) < 4.78 is 5.18. The molecule has 6 nitrogen and oxygen atoms in total. The monoisotopic (exact) mass is 303 g/mol. The van der Waals surface area contributed by atoms with Gasteiger partial charge in [-0.25, -0.2) is 0 Å². The van der Waals surface area contributed by atoms with Crippen LogP contribution < -0.4 is 5.32 Å². The summed E-state index contributed by atoms with van der Waals surface area (Å²) in [5, 5.41) is 16.6. The Morgan fingerprint density at radius 2 is 1.91 bits per heavy atom. The lowest BCUT2D eigenvalue weighted by atomic mass is 9.96. The second-order valence-corrected chi connectivity index (χ2v) is 6.25. The van der Waals surface area contributed by atoms with Gasteiger partial charge >= 0.3 is 0 Å². The molecule has 0 aliphatic carbocycles. The molecule has 2 rings (SSSR count). The number of carbonyl (C=O) groups is 1. The highest BCUT2D eigenvalue weighted by Gasteiger charge is 2.25. The van der Waals surface area contributed by atoms with E-state index in [1.807, 2.05) is 26.8 Å². The minimum atomic E-state index is -1.23. The first-order valence-electron chi connectivity index (χ1n) is 7.16. The Balaban J connectivity index is 2.04. The summed E-state index contributed by atoms with van der Waals surface area (Å²) in [6.45, 7) is 7.66. The van der Waals surface area contributed by atoms with Crippen molar-refractivity contribution in [2.75, 3.05) is 0 Å². The number of benzene rings is 1. The fourth-order valence-electron chi connectivity index (χ4n) is 1.86. The van der Waals surface area contributed by atoms with E-state index in [-0.39, 0.29) is 5.41 Å². The molecule has 0 saturated heterocycles. The maximum atomic E-state index is 12.1. The van der Waals surface area contributed by atoms with E-state index in [0.29, 0.717) is 17.3 Å². The van der Waals surface area contributed by atoms with Gasteiger partial charge < -0.3 is 14.9 Å². The first-order chi connectivity index (χ1) is 10.3. The number of amides is 1. The molecule has 2 aromatic rings. The minimum absolute atomic E-state index is 0.227. The highest BCUT2D eigenvalue weighted by Crippen LogP contribution is 2.21. The summed E-state index contributed by atoms with van der Waals surface area (Å²) in [6, 6.07) is 8.27. The second-order valence-electron chi connectivity index (χ2n) is 6.25. The fourth-order valence-corrected chi connectivity index (χ4v) is 1.86. The zero-order chi connectivity index (χ0) is 16.3. The van der Waals surface area contributed by atoms with Gasteiger partial charge in [0.15, 0.2) is 11.9 Å². The SMILES string of the molecule is CC(NC(=O)C(O)c1ccccc1)c1nc(C(C)(C)C)no1. The van der Waals surface area contributed by atoms with Crippen LogP contribution in [0.15, 0.2) is 34.9 Å².